The summed E-state index contributed by atoms with van der Waals surface area (Å²) in [5.41, 5.74) is -0.782. The largest absolute Gasteiger partial charge is 0.326 e. The first-order valence-electron chi connectivity index (χ1n) is 9.65. The van der Waals surface area contributed by atoms with Crippen molar-refractivity contribution in [2.75, 3.05) is 16.0 Å². The van der Waals surface area contributed by atoms with Crippen LogP contribution >= 0.6 is 34.8 Å². The van der Waals surface area contributed by atoms with Crippen molar-refractivity contribution in [1.82, 2.24) is 0 Å². The minimum Gasteiger partial charge on any atom is -0.326 e. The first-order chi connectivity index (χ1) is 15.1. The summed E-state index contributed by atoms with van der Waals surface area (Å²) in [6.07, 6.45) is 1.63. The molecule has 32 heavy (non-hydrogen) atoms. The fourth-order valence-electron chi connectivity index (χ4n) is 3.03. The molecule has 0 bridgehead atoms. The van der Waals surface area contributed by atoms with Crippen LogP contribution in [0.3, 0.4) is 0 Å². The molecule has 0 spiro atoms. The van der Waals surface area contributed by atoms with E-state index in [4.69, 9.17) is 34.8 Å². The van der Waals surface area contributed by atoms with E-state index in [-0.39, 0.29) is 27.9 Å². The first kappa shape index (κ1) is 22.8. The third kappa shape index (κ3) is 4.82. The summed E-state index contributed by atoms with van der Waals surface area (Å²) in [5.74, 6) is -4.62. The maximum Gasteiger partial charge on any atom is 0.257 e. The van der Waals surface area contributed by atoms with Gasteiger partial charge >= 0.3 is 0 Å². The van der Waals surface area contributed by atoms with Crippen molar-refractivity contribution in [2.45, 2.75) is 23.6 Å². The van der Waals surface area contributed by atoms with Gasteiger partial charge in [0.1, 0.15) is 15.8 Å². The molecule has 1 atom stereocenters. The molecule has 2 aliphatic rings. The Balaban J connectivity index is 1.51. The Labute approximate surface area is 196 Å². The lowest BCUT2D eigenvalue weighted by molar-refractivity contribution is -0.118. The normalized spacial score (nSPS) is 18.6. The van der Waals surface area contributed by atoms with E-state index >= 15 is 0 Å². The summed E-state index contributed by atoms with van der Waals surface area (Å²) in [7, 11) is 0. The van der Waals surface area contributed by atoms with Gasteiger partial charge in [-0.15, -0.1) is 23.2 Å². The third-order valence-corrected chi connectivity index (χ3v) is 6.32. The molecule has 168 valence electrons. The molecule has 6 nitrogen and oxygen atoms in total. The average Bonchev–Trinajstić information content (AvgIpc) is 3.65. The van der Waals surface area contributed by atoms with Gasteiger partial charge in [-0.1, -0.05) is 11.6 Å². The summed E-state index contributed by atoms with van der Waals surface area (Å²) in [4.78, 5) is 36.8. The second kappa shape index (κ2) is 8.50. The molecule has 0 heterocycles. The second-order valence-electron chi connectivity index (χ2n) is 7.70. The van der Waals surface area contributed by atoms with E-state index < -0.39 is 45.3 Å². The molecule has 0 aliphatic heterocycles. The van der Waals surface area contributed by atoms with Crippen LogP contribution in [0.25, 0.3) is 0 Å². The lowest BCUT2D eigenvalue weighted by Crippen LogP contribution is -2.19. The molecule has 2 aromatic carbocycles. The van der Waals surface area contributed by atoms with Crippen LogP contribution in [-0.2, 0) is 9.59 Å². The molecule has 4 rings (SSSR count). The number of rotatable bonds is 6. The van der Waals surface area contributed by atoms with E-state index in [0.29, 0.717) is 19.3 Å². The number of alkyl halides is 2. The fourth-order valence-corrected chi connectivity index (χ4v) is 3.74. The van der Waals surface area contributed by atoms with Gasteiger partial charge in [-0.25, -0.2) is 8.78 Å². The minimum atomic E-state index is -1.12. The number of hydrogen-bond donors (Lipinski definition) is 3. The number of hydrogen-bond acceptors (Lipinski definition) is 3. The van der Waals surface area contributed by atoms with Crippen molar-refractivity contribution in [3.8, 4) is 0 Å². The van der Waals surface area contributed by atoms with E-state index in [1.807, 2.05) is 0 Å². The molecular weight excluding hydrogens is 487 g/mol. The number of nitrogens with one attached hydrogen (secondary N) is 3. The van der Waals surface area contributed by atoms with E-state index in [1.165, 1.54) is 18.2 Å². The smallest absolute Gasteiger partial charge is 0.257 e. The Bertz CT molecular complexity index is 1140. The molecule has 2 fully saturated rings. The molecule has 11 heteroatoms. The van der Waals surface area contributed by atoms with E-state index in [2.05, 4.69) is 16.0 Å². The monoisotopic (exact) mass is 501 g/mol. The van der Waals surface area contributed by atoms with Gasteiger partial charge in [-0.05, 0) is 49.6 Å². The van der Waals surface area contributed by atoms with E-state index in [0.717, 1.165) is 12.1 Å². The first-order valence-corrected chi connectivity index (χ1v) is 10.8. The molecule has 1 unspecified atom stereocenters. The van der Waals surface area contributed by atoms with Crippen LogP contribution in [0.2, 0.25) is 5.02 Å². The van der Waals surface area contributed by atoms with Crippen LogP contribution in [0.5, 0.6) is 0 Å². The molecule has 0 saturated heterocycles. The van der Waals surface area contributed by atoms with Gasteiger partial charge in [0.25, 0.3) is 5.91 Å². The Morgan fingerprint density at radius 3 is 2.28 bits per heavy atom. The van der Waals surface area contributed by atoms with Gasteiger partial charge in [-0.2, -0.15) is 0 Å². The number of carbonyl (C=O) groups is 3. The Hall–Kier alpha value is -2.42. The lowest BCUT2D eigenvalue weighted by Gasteiger charge is -2.13. The quantitative estimate of drug-likeness (QED) is 0.465. The summed E-state index contributed by atoms with van der Waals surface area (Å²) in [6.45, 7) is 0. The molecular formula is C21H16Cl3F2N3O3. The minimum absolute atomic E-state index is 0.0423. The number of benzene rings is 2. The van der Waals surface area contributed by atoms with Crippen LogP contribution in [0.1, 0.15) is 29.6 Å². The topological polar surface area (TPSA) is 87.3 Å². The van der Waals surface area contributed by atoms with Crippen molar-refractivity contribution in [3.05, 3.63) is 52.6 Å². The summed E-state index contributed by atoms with van der Waals surface area (Å²) in [5, 5.41) is 7.17. The van der Waals surface area contributed by atoms with Gasteiger partial charge in [-0.3, -0.25) is 14.4 Å². The second-order valence-corrected chi connectivity index (χ2v) is 9.65. The molecule has 0 radical (unpaired) electrons. The predicted molar refractivity (Wildman–Crippen MR) is 118 cm³/mol. The van der Waals surface area contributed by atoms with Crippen LogP contribution in [-0.4, -0.2) is 22.1 Å². The van der Waals surface area contributed by atoms with E-state index in [1.54, 1.807) is 0 Å². The zero-order valence-electron chi connectivity index (χ0n) is 16.3. The molecule has 3 amide bonds. The highest BCUT2D eigenvalue weighted by molar-refractivity contribution is 6.52. The third-order valence-electron chi connectivity index (χ3n) is 5.16. The average molecular weight is 503 g/mol. The van der Waals surface area contributed by atoms with Crippen molar-refractivity contribution in [3.63, 3.8) is 0 Å². The highest BCUT2D eigenvalue weighted by Crippen LogP contribution is 2.53. The zero-order valence-corrected chi connectivity index (χ0v) is 18.5. The highest BCUT2D eigenvalue weighted by Gasteiger charge is 2.56. The lowest BCUT2D eigenvalue weighted by atomic mass is 10.1. The molecule has 2 aliphatic carbocycles. The Morgan fingerprint density at radius 1 is 0.969 bits per heavy atom. The molecule has 0 aromatic heterocycles. The van der Waals surface area contributed by atoms with Gasteiger partial charge in [0.2, 0.25) is 11.8 Å². The van der Waals surface area contributed by atoms with Crippen molar-refractivity contribution >= 4 is 69.6 Å². The molecule has 2 saturated carbocycles. The van der Waals surface area contributed by atoms with Crippen molar-refractivity contribution < 1.29 is 23.2 Å². The Kier molecular flexibility index (Phi) is 6.04. The maximum atomic E-state index is 14.8. The number of amides is 3. The van der Waals surface area contributed by atoms with Gasteiger partial charge in [0.15, 0.2) is 5.82 Å². The SMILES string of the molecule is O=C(Nc1ccc(F)c(NC(=O)C2CC2)c1F)c1cc(NC(=O)C2CC2(Cl)Cl)ccc1Cl. The molecule has 3 N–H and O–H groups in total. The number of anilines is 3. The van der Waals surface area contributed by atoms with Crippen LogP contribution in [0.4, 0.5) is 25.8 Å². The van der Waals surface area contributed by atoms with Crippen molar-refractivity contribution in [1.29, 1.82) is 0 Å². The van der Waals surface area contributed by atoms with Gasteiger partial charge < -0.3 is 16.0 Å². The predicted octanol–water partition coefficient (Wildman–Crippen LogP) is 5.35. The Morgan fingerprint density at radius 2 is 1.66 bits per heavy atom. The summed E-state index contributed by atoms with van der Waals surface area (Å²) in [6, 6.07) is 6.13. The highest BCUT2D eigenvalue weighted by atomic mass is 35.5. The number of carbonyl (C=O) groups excluding carboxylic acids is 3. The van der Waals surface area contributed by atoms with E-state index in [9.17, 15) is 23.2 Å². The zero-order chi connectivity index (χ0) is 23.2. The van der Waals surface area contributed by atoms with Crippen LogP contribution in [0, 0.1) is 23.5 Å². The van der Waals surface area contributed by atoms with Gasteiger partial charge in [0, 0.05) is 11.6 Å². The van der Waals surface area contributed by atoms with Crippen LogP contribution in [0.15, 0.2) is 30.3 Å². The fraction of sp³-hybridized carbons (Fsp3) is 0.286. The summed E-state index contributed by atoms with van der Waals surface area (Å²) < 4.78 is 27.7. The van der Waals surface area contributed by atoms with Crippen molar-refractivity contribution in [2.24, 2.45) is 11.8 Å². The van der Waals surface area contributed by atoms with Crippen LogP contribution < -0.4 is 16.0 Å². The van der Waals surface area contributed by atoms with Gasteiger partial charge in [0.05, 0.1) is 22.2 Å². The summed E-state index contributed by atoms with van der Waals surface area (Å²) >= 11 is 17.9. The maximum absolute atomic E-state index is 14.8. The molecule has 2 aromatic rings. The standard InChI is InChI=1S/C21H16Cl3F2N3O3/c22-13-4-3-10(27-20(32)12-8-21(12,23)24)7-11(13)19(31)28-15-6-5-14(25)17(16(15)26)29-18(30)9-1-2-9/h3-7,9,12H,1-2,8H2,(H,27,32)(H,28,31)(H,29,30). The number of halogens is 5.